The smallest absolute Gasteiger partial charge is 0.308 e. The molecule has 0 heterocycles. The normalized spacial score (nSPS) is 21.4. The predicted octanol–water partition coefficient (Wildman–Crippen LogP) is 1.54. The van der Waals surface area contributed by atoms with Crippen LogP contribution in [0.1, 0.15) is 38.2 Å². The number of hydrogen-bond acceptors (Lipinski definition) is 4. The van der Waals surface area contributed by atoms with Gasteiger partial charge in [-0.1, -0.05) is 37.3 Å². The van der Waals surface area contributed by atoms with Crippen LogP contribution in [0, 0.1) is 11.8 Å². The highest BCUT2D eigenvalue weighted by Crippen LogP contribution is 2.23. The quantitative estimate of drug-likeness (QED) is 0.586. The van der Waals surface area contributed by atoms with Crippen molar-refractivity contribution < 1.29 is 23.1 Å². The zero-order valence-corrected chi connectivity index (χ0v) is 16.4. The number of aliphatic carboxylic acids is 1. The topological polar surface area (TPSA) is 113 Å². The van der Waals surface area contributed by atoms with E-state index in [1.54, 1.807) is 0 Å². The summed E-state index contributed by atoms with van der Waals surface area (Å²) in [4.78, 5) is 23.4. The lowest BCUT2D eigenvalue weighted by Crippen LogP contribution is -2.43. The Bertz CT molecular complexity index is 728. The minimum absolute atomic E-state index is 0.112. The van der Waals surface area contributed by atoms with Gasteiger partial charge in [-0.15, -0.1) is 0 Å². The molecule has 0 aromatic heterocycles. The fraction of sp³-hybridized carbons (Fsp3) is 0.579. The van der Waals surface area contributed by atoms with E-state index < -0.39 is 33.6 Å². The summed E-state index contributed by atoms with van der Waals surface area (Å²) in [5, 5.41) is 11.8. The van der Waals surface area contributed by atoms with Crippen LogP contribution >= 0.6 is 0 Å². The molecule has 1 saturated carbocycles. The van der Waals surface area contributed by atoms with E-state index in [1.807, 2.05) is 30.3 Å². The average Bonchev–Trinajstić information content (AvgIpc) is 2.60. The fourth-order valence-corrected chi connectivity index (χ4v) is 4.55. The Labute approximate surface area is 160 Å². The summed E-state index contributed by atoms with van der Waals surface area (Å²) in [6.07, 6.45) is 3.76. The minimum atomic E-state index is -3.73. The Morgan fingerprint density at radius 3 is 2.37 bits per heavy atom. The summed E-state index contributed by atoms with van der Waals surface area (Å²) in [6, 6.07) is 8.98. The van der Waals surface area contributed by atoms with E-state index in [4.69, 9.17) is 0 Å². The first-order chi connectivity index (χ1) is 12.7. The summed E-state index contributed by atoms with van der Waals surface area (Å²) in [5.74, 6) is -2.61. The number of carboxylic acid groups (broad SMARTS) is 1. The summed E-state index contributed by atoms with van der Waals surface area (Å²) < 4.78 is 26.9. The lowest BCUT2D eigenvalue weighted by atomic mass is 9.88. The standard InChI is InChI=1S/C19H28N2O5S/c1-14-7-9-17(10-8-14)21-27(25,26)13-18(22)20-12-16(19(23)24)11-15-5-3-2-4-6-15/h2-6,14,16-17,21H,7-13H2,1H3,(H,20,22)(H,23,24). The maximum Gasteiger partial charge on any atom is 0.308 e. The van der Waals surface area contributed by atoms with Crippen molar-refractivity contribution in [2.75, 3.05) is 12.3 Å². The molecule has 1 fully saturated rings. The van der Waals surface area contributed by atoms with Crippen LogP contribution in [0.5, 0.6) is 0 Å². The fourth-order valence-electron chi connectivity index (χ4n) is 3.28. The van der Waals surface area contributed by atoms with Crippen molar-refractivity contribution in [1.82, 2.24) is 10.0 Å². The lowest BCUT2D eigenvalue weighted by molar-refractivity contribution is -0.141. The SMILES string of the molecule is CC1CCC(NS(=O)(=O)CC(=O)NCC(Cc2ccccc2)C(=O)O)CC1. The molecule has 1 aromatic rings. The van der Waals surface area contributed by atoms with Crippen LogP contribution in [0.25, 0.3) is 0 Å². The van der Waals surface area contributed by atoms with Gasteiger partial charge in [0.25, 0.3) is 0 Å². The molecule has 0 bridgehead atoms. The van der Waals surface area contributed by atoms with E-state index in [0.29, 0.717) is 5.92 Å². The number of carboxylic acids is 1. The second-order valence-corrected chi connectivity index (χ2v) is 9.12. The zero-order valence-electron chi connectivity index (χ0n) is 15.6. The maximum absolute atomic E-state index is 12.2. The van der Waals surface area contributed by atoms with Crippen molar-refractivity contribution in [2.45, 2.75) is 45.1 Å². The van der Waals surface area contributed by atoms with Crippen molar-refractivity contribution in [3.63, 3.8) is 0 Å². The number of carbonyl (C=O) groups excluding carboxylic acids is 1. The van der Waals surface area contributed by atoms with Gasteiger partial charge >= 0.3 is 5.97 Å². The van der Waals surface area contributed by atoms with E-state index >= 15 is 0 Å². The van der Waals surface area contributed by atoms with Crippen LogP contribution in [-0.2, 0) is 26.0 Å². The molecule has 1 amide bonds. The second-order valence-electron chi connectivity index (χ2n) is 7.36. The summed E-state index contributed by atoms with van der Waals surface area (Å²) in [5.41, 5.74) is 0.847. The molecule has 0 spiro atoms. The number of nitrogens with one attached hydrogen (secondary N) is 2. The van der Waals surface area contributed by atoms with E-state index in [1.165, 1.54) is 0 Å². The molecule has 3 N–H and O–H groups in total. The van der Waals surface area contributed by atoms with Crippen molar-refractivity contribution in [3.05, 3.63) is 35.9 Å². The first kappa shape index (κ1) is 21.4. The molecule has 1 atom stereocenters. The van der Waals surface area contributed by atoms with E-state index in [-0.39, 0.29) is 19.0 Å². The van der Waals surface area contributed by atoms with Crippen LogP contribution < -0.4 is 10.0 Å². The van der Waals surface area contributed by atoms with E-state index in [0.717, 1.165) is 31.2 Å². The van der Waals surface area contributed by atoms with Gasteiger partial charge < -0.3 is 10.4 Å². The summed E-state index contributed by atoms with van der Waals surface area (Å²) in [6.45, 7) is 2.03. The number of rotatable bonds is 9. The molecule has 1 aliphatic carbocycles. The summed E-state index contributed by atoms with van der Waals surface area (Å²) in [7, 11) is -3.73. The van der Waals surface area contributed by atoms with Gasteiger partial charge in [0.05, 0.1) is 5.92 Å². The molecule has 1 aromatic carbocycles. The lowest BCUT2D eigenvalue weighted by Gasteiger charge is -2.26. The third-order valence-corrected chi connectivity index (χ3v) is 6.24. The summed E-state index contributed by atoms with van der Waals surface area (Å²) >= 11 is 0. The molecular weight excluding hydrogens is 368 g/mol. The van der Waals surface area contributed by atoms with Gasteiger partial charge in [0.15, 0.2) is 0 Å². The van der Waals surface area contributed by atoms with E-state index in [2.05, 4.69) is 17.0 Å². The number of benzene rings is 1. The Morgan fingerprint density at radius 2 is 1.78 bits per heavy atom. The number of sulfonamides is 1. The van der Waals surface area contributed by atoms with Gasteiger partial charge in [-0.3, -0.25) is 9.59 Å². The van der Waals surface area contributed by atoms with Crippen molar-refractivity contribution >= 4 is 21.9 Å². The van der Waals surface area contributed by atoms with Crippen LogP contribution in [-0.4, -0.2) is 43.7 Å². The second kappa shape index (κ2) is 9.85. The molecule has 8 heteroatoms. The maximum atomic E-state index is 12.2. The van der Waals surface area contributed by atoms with Gasteiger partial charge in [0.2, 0.25) is 15.9 Å². The average molecular weight is 397 g/mol. The van der Waals surface area contributed by atoms with Crippen molar-refractivity contribution in [3.8, 4) is 0 Å². The predicted molar refractivity (Wildman–Crippen MR) is 103 cm³/mol. The Morgan fingerprint density at radius 1 is 1.15 bits per heavy atom. The molecule has 7 nitrogen and oxygen atoms in total. The van der Waals surface area contributed by atoms with Gasteiger partial charge in [-0.2, -0.15) is 0 Å². The molecule has 1 unspecified atom stereocenters. The molecule has 150 valence electrons. The Hall–Kier alpha value is -1.93. The van der Waals surface area contributed by atoms with Gasteiger partial charge in [-0.05, 0) is 43.6 Å². The Balaban J connectivity index is 1.81. The van der Waals surface area contributed by atoms with Crippen LogP contribution in [0.2, 0.25) is 0 Å². The third kappa shape index (κ3) is 7.68. The highest BCUT2D eigenvalue weighted by atomic mass is 32.2. The van der Waals surface area contributed by atoms with Gasteiger partial charge in [0.1, 0.15) is 5.75 Å². The molecule has 0 aliphatic heterocycles. The Kier molecular flexibility index (Phi) is 7.79. The molecular formula is C19H28N2O5S. The largest absolute Gasteiger partial charge is 0.481 e. The number of amides is 1. The third-order valence-electron chi connectivity index (χ3n) is 4.90. The molecule has 2 rings (SSSR count). The minimum Gasteiger partial charge on any atom is -0.481 e. The first-order valence-electron chi connectivity index (χ1n) is 9.28. The first-order valence-corrected chi connectivity index (χ1v) is 10.9. The number of carbonyl (C=O) groups is 2. The van der Waals surface area contributed by atoms with Gasteiger partial charge in [-0.25, -0.2) is 13.1 Å². The van der Waals surface area contributed by atoms with Crippen LogP contribution in [0.4, 0.5) is 0 Å². The highest BCUT2D eigenvalue weighted by Gasteiger charge is 2.25. The zero-order chi connectivity index (χ0) is 19.9. The van der Waals surface area contributed by atoms with Crippen LogP contribution in [0.3, 0.4) is 0 Å². The monoisotopic (exact) mass is 396 g/mol. The molecule has 0 radical (unpaired) electrons. The number of hydrogen-bond donors (Lipinski definition) is 3. The molecule has 27 heavy (non-hydrogen) atoms. The molecule has 1 aliphatic rings. The van der Waals surface area contributed by atoms with Gasteiger partial charge in [0, 0.05) is 12.6 Å². The van der Waals surface area contributed by atoms with E-state index in [9.17, 15) is 23.1 Å². The van der Waals surface area contributed by atoms with Crippen molar-refractivity contribution in [1.29, 1.82) is 0 Å². The van der Waals surface area contributed by atoms with Crippen molar-refractivity contribution in [2.24, 2.45) is 11.8 Å². The highest BCUT2D eigenvalue weighted by molar-refractivity contribution is 7.90. The van der Waals surface area contributed by atoms with Crippen LogP contribution in [0.15, 0.2) is 30.3 Å². The molecule has 0 saturated heterocycles.